The van der Waals surface area contributed by atoms with Crippen molar-refractivity contribution in [3.8, 4) is 0 Å². The van der Waals surface area contributed by atoms with E-state index >= 15 is 0 Å². The van der Waals surface area contributed by atoms with Crippen molar-refractivity contribution in [3.63, 3.8) is 0 Å². The molecule has 2 bridgehead atoms. The third kappa shape index (κ3) is 2.43. The van der Waals surface area contributed by atoms with E-state index in [4.69, 9.17) is 4.99 Å². The maximum atomic E-state index is 4.75. The number of nitrogens with one attached hydrogen (secondary N) is 1. The molecule has 4 atom stereocenters. The molecule has 0 radical (unpaired) electrons. The molecule has 1 heterocycles. The summed E-state index contributed by atoms with van der Waals surface area (Å²) in [4.78, 5) is 4.75. The van der Waals surface area contributed by atoms with Gasteiger partial charge < -0.3 is 5.32 Å². The predicted molar refractivity (Wildman–Crippen MR) is 80.1 cm³/mol. The van der Waals surface area contributed by atoms with Crippen molar-refractivity contribution >= 4 is 16.9 Å². The lowest BCUT2D eigenvalue weighted by atomic mass is 9.96. The largest absolute Gasteiger partial charge is 0.362 e. The summed E-state index contributed by atoms with van der Waals surface area (Å²) in [5.41, 5.74) is 0. The minimum absolute atomic E-state index is 0.737. The highest BCUT2D eigenvalue weighted by atomic mass is 32.2. The van der Waals surface area contributed by atoms with Crippen LogP contribution >= 0.6 is 11.8 Å². The van der Waals surface area contributed by atoms with Crippen molar-refractivity contribution in [2.45, 2.75) is 63.7 Å². The minimum Gasteiger partial charge on any atom is -0.362 e. The summed E-state index contributed by atoms with van der Waals surface area (Å²) in [6, 6.07) is 0.746. The fourth-order valence-corrected chi connectivity index (χ4v) is 5.49. The van der Waals surface area contributed by atoms with Gasteiger partial charge in [-0.15, -0.1) is 0 Å². The van der Waals surface area contributed by atoms with Gasteiger partial charge in [0.15, 0.2) is 5.17 Å². The molecular formula is C15H26N2S. The van der Waals surface area contributed by atoms with E-state index in [0.29, 0.717) is 0 Å². The normalized spacial score (nSPS) is 38.5. The van der Waals surface area contributed by atoms with Crippen LogP contribution in [0.15, 0.2) is 4.99 Å². The molecule has 3 aliphatic rings. The number of hydrogen-bond donors (Lipinski definition) is 1. The van der Waals surface area contributed by atoms with Gasteiger partial charge in [-0.2, -0.15) is 0 Å². The van der Waals surface area contributed by atoms with Crippen LogP contribution in [0.25, 0.3) is 0 Å². The van der Waals surface area contributed by atoms with Gasteiger partial charge in [-0.1, -0.05) is 44.9 Å². The number of nitrogens with zero attached hydrogens (tertiary/aromatic N) is 1. The summed E-state index contributed by atoms with van der Waals surface area (Å²) in [6.07, 6.45) is 8.41. The van der Waals surface area contributed by atoms with Crippen LogP contribution in [0.5, 0.6) is 0 Å². The van der Waals surface area contributed by atoms with Crippen LogP contribution in [0.1, 0.15) is 52.4 Å². The van der Waals surface area contributed by atoms with Crippen LogP contribution in [-0.2, 0) is 0 Å². The van der Waals surface area contributed by atoms with Gasteiger partial charge >= 0.3 is 0 Å². The summed E-state index contributed by atoms with van der Waals surface area (Å²) in [6.45, 7) is 5.67. The Morgan fingerprint density at radius 3 is 2.72 bits per heavy atom. The second kappa shape index (κ2) is 5.44. The van der Waals surface area contributed by atoms with Crippen LogP contribution in [0.2, 0.25) is 0 Å². The first-order chi connectivity index (χ1) is 8.80. The zero-order chi connectivity index (χ0) is 12.5. The quantitative estimate of drug-likeness (QED) is 0.839. The second-order valence-corrected chi connectivity index (χ2v) is 7.53. The van der Waals surface area contributed by atoms with Gasteiger partial charge in [0, 0.05) is 11.3 Å². The first-order valence-corrected chi connectivity index (χ1v) is 8.65. The van der Waals surface area contributed by atoms with E-state index in [-0.39, 0.29) is 0 Å². The molecule has 0 aromatic carbocycles. The van der Waals surface area contributed by atoms with E-state index in [0.717, 1.165) is 35.6 Å². The molecule has 1 N–H and O–H groups in total. The van der Waals surface area contributed by atoms with Gasteiger partial charge in [-0.25, -0.2) is 0 Å². The molecule has 0 aromatic rings. The van der Waals surface area contributed by atoms with Gasteiger partial charge in [-0.05, 0) is 37.0 Å². The molecule has 2 saturated carbocycles. The van der Waals surface area contributed by atoms with Gasteiger partial charge in [-0.3, -0.25) is 4.99 Å². The van der Waals surface area contributed by atoms with Gasteiger partial charge in [0.25, 0.3) is 0 Å². The maximum Gasteiger partial charge on any atom is 0.157 e. The standard InChI is InChI=1S/C15H26N2S/c1-3-11(4-2)14-9-16-15(18-14)17-13-8-10-5-6-12(13)7-10/h10-14H,3-9H2,1-2H3,(H,16,17). The third-order valence-electron chi connectivity index (χ3n) is 5.30. The van der Waals surface area contributed by atoms with E-state index in [2.05, 4.69) is 19.2 Å². The summed E-state index contributed by atoms with van der Waals surface area (Å²) in [7, 11) is 0. The lowest BCUT2D eigenvalue weighted by Gasteiger charge is -2.24. The van der Waals surface area contributed by atoms with Crippen molar-refractivity contribution in [1.29, 1.82) is 0 Å². The summed E-state index contributed by atoms with van der Waals surface area (Å²) in [5, 5.41) is 5.75. The molecule has 0 saturated heterocycles. The highest BCUT2D eigenvalue weighted by Gasteiger charge is 2.40. The fraction of sp³-hybridized carbons (Fsp3) is 0.933. The van der Waals surface area contributed by atoms with Crippen LogP contribution in [0.4, 0.5) is 0 Å². The third-order valence-corrected chi connectivity index (χ3v) is 6.61. The van der Waals surface area contributed by atoms with Crippen molar-refractivity contribution in [1.82, 2.24) is 5.32 Å². The highest BCUT2D eigenvalue weighted by molar-refractivity contribution is 8.14. The van der Waals surface area contributed by atoms with E-state index in [1.807, 2.05) is 11.8 Å². The average Bonchev–Trinajstić information content (AvgIpc) is 3.07. The highest BCUT2D eigenvalue weighted by Crippen LogP contribution is 2.45. The first-order valence-electron chi connectivity index (χ1n) is 7.77. The first kappa shape index (κ1) is 12.8. The molecule has 2 fully saturated rings. The van der Waals surface area contributed by atoms with Crippen molar-refractivity contribution in [2.24, 2.45) is 22.7 Å². The van der Waals surface area contributed by atoms with Gasteiger partial charge in [0.2, 0.25) is 0 Å². The Bertz CT molecular complexity index is 324. The lowest BCUT2D eigenvalue weighted by Crippen LogP contribution is -2.36. The molecule has 0 amide bonds. The lowest BCUT2D eigenvalue weighted by molar-refractivity contribution is 0.392. The van der Waals surface area contributed by atoms with Crippen LogP contribution in [-0.4, -0.2) is 23.0 Å². The van der Waals surface area contributed by atoms with Crippen molar-refractivity contribution in [2.75, 3.05) is 6.54 Å². The molecule has 0 aromatic heterocycles. The fourth-order valence-electron chi connectivity index (χ4n) is 4.11. The number of fused-ring (bicyclic) bond motifs is 2. The monoisotopic (exact) mass is 266 g/mol. The molecule has 0 spiro atoms. The maximum absolute atomic E-state index is 4.75. The average molecular weight is 266 g/mol. The van der Waals surface area contributed by atoms with Gasteiger partial charge in [0.1, 0.15) is 0 Å². The predicted octanol–water partition coefficient (Wildman–Crippen LogP) is 3.67. The molecule has 3 heteroatoms. The Morgan fingerprint density at radius 2 is 2.11 bits per heavy atom. The smallest absolute Gasteiger partial charge is 0.157 e. The SMILES string of the molecule is CCC(CC)C1CN=C(NC2CC3CCC2C3)S1. The molecule has 18 heavy (non-hydrogen) atoms. The topological polar surface area (TPSA) is 24.4 Å². The van der Waals surface area contributed by atoms with Crippen molar-refractivity contribution < 1.29 is 0 Å². The van der Waals surface area contributed by atoms with E-state index in [1.165, 1.54) is 43.7 Å². The number of rotatable bonds is 4. The molecule has 2 nitrogen and oxygen atoms in total. The van der Waals surface area contributed by atoms with Crippen molar-refractivity contribution in [3.05, 3.63) is 0 Å². The Kier molecular flexibility index (Phi) is 3.88. The summed E-state index contributed by atoms with van der Waals surface area (Å²) < 4.78 is 0. The summed E-state index contributed by atoms with van der Waals surface area (Å²) >= 11 is 2.02. The molecular weight excluding hydrogens is 240 g/mol. The Labute approximate surface area is 115 Å². The number of aliphatic imine (C=N–C) groups is 1. The Hall–Kier alpha value is -0.180. The zero-order valence-corrected chi connectivity index (χ0v) is 12.5. The Morgan fingerprint density at radius 1 is 1.28 bits per heavy atom. The molecule has 1 aliphatic heterocycles. The van der Waals surface area contributed by atoms with E-state index in [9.17, 15) is 0 Å². The minimum atomic E-state index is 0.737. The van der Waals surface area contributed by atoms with Crippen LogP contribution in [0.3, 0.4) is 0 Å². The summed E-state index contributed by atoms with van der Waals surface area (Å²) in [5.74, 6) is 2.82. The van der Waals surface area contributed by atoms with Crippen LogP contribution in [0, 0.1) is 17.8 Å². The van der Waals surface area contributed by atoms with Gasteiger partial charge in [0.05, 0.1) is 6.54 Å². The number of thioether (sulfide) groups is 1. The molecule has 2 aliphatic carbocycles. The Balaban J connectivity index is 1.50. The molecule has 3 rings (SSSR count). The number of hydrogen-bond acceptors (Lipinski definition) is 3. The van der Waals surface area contributed by atoms with E-state index < -0.39 is 0 Å². The zero-order valence-electron chi connectivity index (χ0n) is 11.7. The molecule has 102 valence electrons. The number of amidine groups is 1. The van der Waals surface area contributed by atoms with E-state index in [1.54, 1.807) is 0 Å². The molecule has 4 unspecified atom stereocenters. The van der Waals surface area contributed by atoms with Crippen LogP contribution < -0.4 is 5.32 Å². The second-order valence-electron chi connectivity index (χ2n) is 6.30.